The van der Waals surface area contributed by atoms with E-state index in [1.807, 2.05) is 0 Å². The van der Waals surface area contributed by atoms with Crippen molar-refractivity contribution in [3.8, 4) is 0 Å². The Kier molecular flexibility index (Phi) is 2.64. The molecule has 0 fully saturated rings. The first-order valence-electron chi connectivity index (χ1n) is 4.47. The first-order chi connectivity index (χ1) is 8.02. The molecule has 7 heteroatoms. The van der Waals surface area contributed by atoms with Crippen LogP contribution in [0.25, 0.3) is 10.9 Å². The van der Waals surface area contributed by atoms with E-state index >= 15 is 0 Å². The van der Waals surface area contributed by atoms with Crippen molar-refractivity contribution in [2.45, 2.75) is 0 Å². The summed E-state index contributed by atoms with van der Waals surface area (Å²) in [5.74, 6) is -1.23. The monoisotopic (exact) mass is 252 g/mol. The Morgan fingerprint density at radius 2 is 2.18 bits per heavy atom. The van der Waals surface area contributed by atoms with E-state index < -0.39 is 10.9 Å². The number of carboxylic acids is 1. The van der Waals surface area contributed by atoms with Crippen molar-refractivity contribution in [2.75, 3.05) is 0 Å². The van der Waals surface area contributed by atoms with Crippen LogP contribution in [0.1, 0.15) is 10.4 Å². The third kappa shape index (κ3) is 1.78. The van der Waals surface area contributed by atoms with E-state index in [9.17, 15) is 14.9 Å². The van der Waals surface area contributed by atoms with Crippen LogP contribution in [-0.4, -0.2) is 21.0 Å². The lowest BCUT2D eigenvalue weighted by molar-refractivity contribution is -0.383. The molecule has 0 spiro atoms. The Labute approximate surface area is 99.6 Å². The molecule has 0 unspecified atom stereocenters. The number of aromatic nitrogens is 1. The first-order valence-corrected chi connectivity index (χ1v) is 4.85. The van der Waals surface area contributed by atoms with Crippen LogP contribution in [0.3, 0.4) is 0 Å². The van der Waals surface area contributed by atoms with E-state index in [4.69, 9.17) is 16.7 Å². The summed E-state index contributed by atoms with van der Waals surface area (Å²) in [5, 5.41) is 19.8. The predicted octanol–water partition coefficient (Wildman–Crippen LogP) is 2.49. The zero-order valence-electron chi connectivity index (χ0n) is 8.25. The van der Waals surface area contributed by atoms with Crippen LogP contribution in [0, 0.1) is 10.1 Å². The van der Waals surface area contributed by atoms with E-state index in [2.05, 4.69) is 4.98 Å². The number of nitrogens with zero attached hydrogens (tertiary/aromatic N) is 2. The number of benzene rings is 1. The van der Waals surface area contributed by atoms with Gasteiger partial charge in [-0.15, -0.1) is 0 Å². The fourth-order valence-electron chi connectivity index (χ4n) is 1.47. The molecule has 1 aromatic carbocycles. The summed E-state index contributed by atoms with van der Waals surface area (Å²) in [4.78, 5) is 24.8. The number of hydrogen-bond acceptors (Lipinski definition) is 4. The predicted molar refractivity (Wildman–Crippen MR) is 60.4 cm³/mol. The molecule has 0 saturated heterocycles. The number of carboxylic acid groups (broad SMARTS) is 1. The fourth-order valence-corrected chi connectivity index (χ4v) is 1.75. The molecule has 0 radical (unpaired) electrons. The van der Waals surface area contributed by atoms with Gasteiger partial charge in [0, 0.05) is 17.6 Å². The highest BCUT2D eigenvalue weighted by Crippen LogP contribution is 2.30. The summed E-state index contributed by atoms with van der Waals surface area (Å²) in [6.07, 6.45) is 1.01. The van der Waals surface area contributed by atoms with Gasteiger partial charge in [0.15, 0.2) is 0 Å². The van der Waals surface area contributed by atoms with E-state index in [0.29, 0.717) is 0 Å². The fraction of sp³-hybridized carbons (Fsp3) is 0. The summed E-state index contributed by atoms with van der Waals surface area (Å²) in [6, 6.07) is 4.20. The van der Waals surface area contributed by atoms with Gasteiger partial charge in [0.25, 0.3) is 5.69 Å². The Bertz CT molecular complexity index is 641. The second-order valence-corrected chi connectivity index (χ2v) is 3.60. The highest BCUT2D eigenvalue weighted by Gasteiger charge is 2.18. The maximum atomic E-state index is 10.8. The minimum absolute atomic E-state index is 0.0498. The molecular formula is C10H5ClN2O4. The maximum Gasteiger partial charge on any atom is 0.338 e. The Hall–Kier alpha value is -2.21. The Morgan fingerprint density at radius 1 is 1.47 bits per heavy atom. The van der Waals surface area contributed by atoms with E-state index in [1.54, 1.807) is 0 Å². The van der Waals surface area contributed by atoms with Gasteiger partial charge in [-0.3, -0.25) is 10.1 Å². The molecule has 86 valence electrons. The Balaban J connectivity index is 2.85. The number of rotatable bonds is 2. The molecule has 1 heterocycles. The summed E-state index contributed by atoms with van der Waals surface area (Å²) in [6.45, 7) is 0. The summed E-state index contributed by atoms with van der Waals surface area (Å²) < 4.78 is 0. The number of pyridine rings is 1. The topological polar surface area (TPSA) is 93.3 Å². The van der Waals surface area contributed by atoms with Crippen LogP contribution < -0.4 is 0 Å². The molecule has 0 aliphatic heterocycles. The van der Waals surface area contributed by atoms with Crippen molar-refractivity contribution in [3.05, 3.63) is 45.1 Å². The second-order valence-electron chi connectivity index (χ2n) is 3.22. The number of hydrogen-bond donors (Lipinski definition) is 1. The van der Waals surface area contributed by atoms with Crippen LogP contribution in [0.5, 0.6) is 0 Å². The highest BCUT2D eigenvalue weighted by molar-refractivity contribution is 6.38. The average molecular weight is 253 g/mol. The summed E-state index contributed by atoms with van der Waals surface area (Å²) in [7, 11) is 0. The van der Waals surface area contributed by atoms with Crippen molar-refractivity contribution >= 4 is 34.2 Å². The lowest BCUT2D eigenvalue weighted by Crippen LogP contribution is -2.00. The molecule has 2 rings (SSSR count). The van der Waals surface area contributed by atoms with Crippen molar-refractivity contribution in [1.29, 1.82) is 0 Å². The number of nitro groups is 1. The molecule has 1 aromatic heterocycles. The van der Waals surface area contributed by atoms with Gasteiger partial charge >= 0.3 is 5.97 Å². The lowest BCUT2D eigenvalue weighted by Gasteiger charge is -2.03. The lowest BCUT2D eigenvalue weighted by atomic mass is 10.1. The van der Waals surface area contributed by atoms with Crippen molar-refractivity contribution in [1.82, 2.24) is 4.98 Å². The van der Waals surface area contributed by atoms with E-state index in [0.717, 1.165) is 6.20 Å². The zero-order chi connectivity index (χ0) is 12.6. The van der Waals surface area contributed by atoms with Crippen LogP contribution >= 0.6 is 11.6 Å². The van der Waals surface area contributed by atoms with Gasteiger partial charge in [-0.1, -0.05) is 23.7 Å². The first kappa shape index (κ1) is 11.3. The number of nitro benzene ring substituents is 1. The zero-order valence-corrected chi connectivity index (χ0v) is 9.01. The Morgan fingerprint density at radius 3 is 2.76 bits per heavy atom. The molecule has 17 heavy (non-hydrogen) atoms. The molecule has 0 bridgehead atoms. The smallest absolute Gasteiger partial charge is 0.338 e. The largest absolute Gasteiger partial charge is 0.478 e. The van der Waals surface area contributed by atoms with Gasteiger partial charge < -0.3 is 5.11 Å². The highest BCUT2D eigenvalue weighted by atomic mass is 35.5. The van der Waals surface area contributed by atoms with E-state index in [-0.39, 0.29) is 27.2 Å². The van der Waals surface area contributed by atoms with E-state index in [1.165, 1.54) is 18.2 Å². The maximum absolute atomic E-state index is 10.8. The molecule has 1 N–H and O–H groups in total. The second kappa shape index (κ2) is 3.99. The average Bonchev–Trinajstić information content (AvgIpc) is 2.28. The van der Waals surface area contributed by atoms with Crippen LogP contribution in [-0.2, 0) is 0 Å². The molecule has 6 nitrogen and oxygen atoms in total. The number of fused-ring (bicyclic) bond motifs is 1. The summed E-state index contributed by atoms with van der Waals surface area (Å²) in [5.41, 5.74) is -0.312. The minimum atomic E-state index is -1.23. The van der Waals surface area contributed by atoms with Gasteiger partial charge in [0.05, 0.1) is 15.5 Å². The van der Waals surface area contributed by atoms with Crippen molar-refractivity contribution in [3.63, 3.8) is 0 Å². The van der Waals surface area contributed by atoms with Gasteiger partial charge in [-0.25, -0.2) is 9.78 Å². The third-order valence-corrected chi connectivity index (χ3v) is 2.64. The molecule has 0 saturated carbocycles. The minimum Gasteiger partial charge on any atom is -0.478 e. The normalized spacial score (nSPS) is 10.4. The number of aromatic carboxylic acids is 1. The molecule has 0 amide bonds. The molecular weight excluding hydrogens is 248 g/mol. The SMILES string of the molecule is O=C(O)c1cnc2c([N+](=O)[O-])cccc2c1Cl. The van der Waals surface area contributed by atoms with Crippen molar-refractivity contribution < 1.29 is 14.8 Å². The van der Waals surface area contributed by atoms with Crippen LogP contribution in [0.15, 0.2) is 24.4 Å². The van der Waals surface area contributed by atoms with Crippen LogP contribution in [0.2, 0.25) is 5.02 Å². The van der Waals surface area contributed by atoms with Crippen molar-refractivity contribution in [2.24, 2.45) is 0 Å². The van der Waals surface area contributed by atoms with Gasteiger partial charge in [-0.05, 0) is 0 Å². The number of halogens is 1. The molecule has 0 aliphatic carbocycles. The van der Waals surface area contributed by atoms with Gasteiger partial charge in [0.2, 0.25) is 0 Å². The van der Waals surface area contributed by atoms with Gasteiger partial charge in [-0.2, -0.15) is 0 Å². The van der Waals surface area contributed by atoms with Gasteiger partial charge in [0.1, 0.15) is 5.52 Å². The quantitative estimate of drug-likeness (QED) is 0.655. The number of carbonyl (C=O) groups is 1. The molecule has 2 aromatic rings. The number of non-ortho nitro benzene ring substituents is 1. The standard InChI is InChI=1S/C10H5ClN2O4/c11-8-5-2-1-3-7(13(16)17)9(5)12-4-6(8)10(14)15/h1-4H,(H,14,15). The van der Waals surface area contributed by atoms with Crippen LogP contribution in [0.4, 0.5) is 5.69 Å². The number of para-hydroxylation sites is 1. The molecule has 0 aliphatic rings. The molecule has 0 atom stereocenters. The summed E-state index contributed by atoms with van der Waals surface area (Å²) >= 11 is 5.87. The third-order valence-electron chi connectivity index (χ3n) is 2.24.